The van der Waals surface area contributed by atoms with Gasteiger partial charge in [0.15, 0.2) is 0 Å². The zero-order valence-corrected chi connectivity index (χ0v) is 9.83. The zero-order chi connectivity index (χ0) is 9.52. The van der Waals surface area contributed by atoms with Crippen molar-refractivity contribution >= 4 is 11.8 Å². The Morgan fingerprint density at radius 1 is 1.46 bits per heavy atom. The van der Waals surface area contributed by atoms with Crippen LogP contribution in [0.3, 0.4) is 0 Å². The van der Waals surface area contributed by atoms with E-state index in [1.54, 1.807) is 0 Å². The van der Waals surface area contributed by atoms with Gasteiger partial charge in [-0.25, -0.2) is 0 Å². The Kier molecular flexibility index (Phi) is 5.88. The fraction of sp³-hybridized carbons (Fsp3) is 1.00. The van der Waals surface area contributed by atoms with Crippen LogP contribution in [0.2, 0.25) is 0 Å². The first kappa shape index (κ1) is 11.4. The topological polar surface area (TPSA) is 12.0 Å². The van der Waals surface area contributed by atoms with E-state index >= 15 is 0 Å². The van der Waals surface area contributed by atoms with Crippen LogP contribution < -0.4 is 5.32 Å². The molecule has 1 fully saturated rings. The van der Waals surface area contributed by atoms with Crippen molar-refractivity contribution < 1.29 is 0 Å². The van der Waals surface area contributed by atoms with Gasteiger partial charge in [-0.3, -0.25) is 0 Å². The first-order chi connectivity index (χ1) is 6.33. The van der Waals surface area contributed by atoms with Gasteiger partial charge in [-0.05, 0) is 31.9 Å². The summed E-state index contributed by atoms with van der Waals surface area (Å²) in [5.74, 6) is 1.38. The third-order valence-corrected chi connectivity index (χ3v) is 4.09. The van der Waals surface area contributed by atoms with Crippen molar-refractivity contribution in [2.24, 2.45) is 0 Å². The van der Waals surface area contributed by atoms with Crippen LogP contribution in [0.1, 0.15) is 46.0 Å². The average molecular weight is 201 g/mol. The highest BCUT2D eigenvalue weighted by Crippen LogP contribution is 2.24. The van der Waals surface area contributed by atoms with Crippen LogP contribution in [-0.2, 0) is 0 Å². The minimum atomic E-state index is 0.715. The van der Waals surface area contributed by atoms with E-state index in [0.717, 1.165) is 5.25 Å². The first-order valence-electron chi connectivity index (χ1n) is 5.68. The Hall–Kier alpha value is 0.310. The summed E-state index contributed by atoms with van der Waals surface area (Å²) < 4.78 is 0. The van der Waals surface area contributed by atoms with Gasteiger partial charge in [0.25, 0.3) is 0 Å². The molecule has 0 spiro atoms. The molecule has 0 aromatic rings. The lowest BCUT2D eigenvalue weighted by Gasteiger charge is -2.23. The van der Waals surface area contributed by atoms with E-state index < -0.39 is 0 Å². The highest BCUT2D eigenvalue weighted by atomic mass is 32.2. The SMILES string of the molecule is CCCC(C)NCC1CCCCS1. The van der Waals surface area contributed by atoms with Gasteiger partial charge in [0.1, 0.15) is 0 Å². The lowest BCUT2D eigenvalue weighted by atomic mass is 10.1. The molecular weight excluding hydrogens is 178 g/mol. The molecule has 2 heteroatoms. The van der Waals surface area contributed by atoms with Crippen molar-refractivity contribution in [3.63, 3.8) is 0 Å². The number of hydrogen-bond acceptors (Lipinski definition) is 2. The minimum absolute atomic E-state index is 0.715. The molecule has 0 amide bonds. The van der Waals surface area contributed by atoms with Crippen LogP contribution >= 0.6 is 11.8 Å². The highest BCUT2D eigenvalue weighted by Gasteiger charge is 2.13. The molecule has 0 aliphatic carbocycles. The van der Waals surface area contributed by atoms with Gasteiger partial charge in [0.05, 0.1) is 0 Å². The van der Waals surface area contributed by atoms with Gasteiger partial charge in [-0.15, -0.1) is 0 Å². The quantitative estimate of drug-likeness (QED) is 0.734. The molecular formula is C11H23NS. The predicted molar refractivity (Wildman–Crippen MR) is 62.5 cm³/mol. The second-order valence-electron chi connectivity index (χ2n) is 4.09. The molecule has 1 heterocycles. The molecule has 0 saturated carbocycles. The van der Waals surface area contributed by atoms with Crippen LogP contribution in [0.4, 0.5) is 0 Å². The van der Waals surface area contributed by atoms with Crippen molar-refractivity contribution in [3.8, 4) is 0 Å². The highest BCUT2D eigenvalue weighted by molar-refractivity contribution is 7.99. The molecule has 0 aromatic carbocycles. The lowest BCUT2D eigenvalue weighted by molar-refractivity contribution is 0.493. The maximum atomic E-state index is 3.63. The Balaban J connectivity index is 2.03. The molecule has 0 radical (unpaired) electrons. The van der Waals surface area contributed by atoms with Crippen molar-refractivity contribution in [3.05, 3.63) is 0 Å². The van der Waals surface area contributed by atoms with Crippen molar-refractivity contribution in [2.75, 3.05) is 12.3 Å². The molecule has 0 aromatic heterocycles. The number of rotatable bonds is 5. The minimum Gasteiger partial charge on any atom is -0.313 e. The molecule has 1 saturated heterocycles. The maximum Gasteiger partial charge on any atom is 0.0172 e. The van der Waals surface area contributed by atoms with E-state index in [1.807, 2.05) is 0 Å². The molecule has 1 rings (SSSR count). The molecule has 1 aliphatic heterocycles. The summed E-state index contributed by atoms with van der Waals surface area (Å²) in [6.45, 7) is 5.79. The molecule has 1 nitrogen and oxygen atoms in total. The van der Waals surface area contributed by atoms with E-state index in [4.69, 9.17) is 0 Å². The molecule has 78 valence electrons. The third kappa shape index (κ3) is 4.92. The first-order valence-corrected chi connectivity index (χ1v) is 6.72. The van der Waals surface area contributed by atoms with Crippen molar-refractivity contribution in [1.82, 2.24) is 5.32 Å². The van der Waals surface area contributed by atoms with Crippen LogP contribution in [0.15, 0.2) is 0 Å². The van der Waals surface area contributed by atoms with Crippen LogP contribution in [0.5, 0.6) is 0 Å². The Morgan fingerprint density at radius 2 is 2.31 bits per heavy atom. The third-order valence-electron chi connectivity index (χ3n) is 2.69. The summed E-state index contributed by atoms with van der Waals surface area (Å²) in [6.07, 6.45) is 6.92. The summed E-state index contributed by atoms with van der Waals surface area (Å²) >= 11 is 2.16. The van der Waals surface area contributed by atoms with Crippen molar-refractivity contribution in [1.29, 1.82) is 0 Å². The summed E-state index contributed by atoms with van der Waals surface area (Å²) in [5.41, 5.74) is 0. The van der Waals surface area contributed by atoms with E-state index in [-0.39, 0.29) is 0 Å². The smallest absolute Gasteiger partial charge is 0.0172 e. The summed E-state index contributed by atoms with van der Waals surface area (Å²) in [5, 5.41) is 4.53. The van der Waals surface area contributed by atoms with E-state index in [0.29, 0.717) is 6.04 Å². The summed E-state index contributed by atoms with van der Waals surface area (Å²) in [7, 11) is 0. The monoisotopic (exact) mass is 201 g/mol. The van der Waals surface area contributed by atoms with Gasteiger partial charge in [-0.1, -0.05) is 19.8 Å². The molecule has 1 aliphatic rings. The Labute approximate surface area is 87.1 Å². The average Bonchev–Trinajstić information content (AvgIpc) is 2.17. The molecule has 1 N–H and O–H groups in total. The van der Waals surface area contributed by atoms with Gasteiger partial charge < -0.3 is 5.32 Å². The van der Waals surface area contributed by atoms with Gasteiger partial charge in [-0.2, -0.15) is 11.8 Å². The fourth-order valence-electron chi connectivity index (χ4n) is 1.84. The second-order valence-corrected chi connectivity index (χ2v) is 5.49. The second kappa shape index (κ2) is 6.72. The molecule has 2 unspecified atom stereocenters. The summed E-state index contributed by atoms with van der Waals surface area (Å²) in [4.78, 5) is 0. The van der Waals surface area contributed by atoms with Crippen LogP contribution in [0.25, 0.3) is 0 Å². The normalized spacial score (nSPS) is 25.8. The molecule has 2 atom stereocenters. The predicted octanol–water partition coefficient (Wildman–Crippen LogP) is 3.05. The number of hydrogen-bond donors (Lipinski definition) is 1. The fourth-order valence-corrected chi connectivity index (χ4v) is 3.09. The van der Waals surface area contributed by atoms with E-state index in [9.17, 15) is 0 Å². The van der Waals surface area contributed by atoms with Crippen molar-refractivity contribution in [2.45, 2.75) is 57.2 Å². The van der Waals surface area contributed by atoms with Gasteiger partial charge >= 0.3 is 0 Å². The lowest BCUT2D eigenvalue weighted by Crippen LogP contribution is -2.33. The number of nitrogens with one attached hydrogen (secondary N) is 1. The maximum absolute atomic E-state index is 3.63. The van der Waals surface area contributed by atoms with E-state index in [1.165, 1.54) is 44.4 Å². The van der Waals surface area contributed by atoms with Crippen LogP contribution in [0, 0.1) is 0 Å². The Morgan fingerprint density at radius 3 is 2.92 bits per heavy atom. The summed E-state index contributed by atoms with van der Waals surface area (Å²) in [6, 6.07) is 0.715. The van der Waals surface area contributed by atoms with E-state index in [2.05, 4.69) is 30.9 Å². The standard InChI is InChI=1S/C11H23NS/c1-3-6-10(2)12-9-11-7-4-5-8-13-11/h10-12H,3-9H2,1-2H3. The van der Waals surface area contributed by atoms with Crippen LogP contribution in [-0.4, -0.2) is 23.6 Å². The molecule has 0 bridgehead atoms. The molecule has 13 heavy (non-hydrogen) atoms. The van der Waals surface area contributed by atoms with Gasteiger partial charge in [0, 0.05) is 17.8 Å². The van der Waals surface area contributed by atoms with Gasteiger partial charge in [0.2, 0.25) is 0 Å². The number of thioether (sulfide) groups is 1. The Bertz CT molecular complexity index is 121. The zero-order valence-electron chi connectivity index (χ0n) is 9.01. The largest absolute Gasteiger partial charge is 0.313 e.